The molecule has 2 aromatic rings. The summed E-state index contributed by atoms with van der Waals surface area (Å²) in [6, 6.07) is 11.8. The molecule has 0 unspecified atom stereocenters. The Kier molecular flexibility index (Phi) is 6.11. The van der Waals surface area contributed by atoms with E-state index in [1.165, 1.54) is 31.4 Å². The number of ether oxygens (including phenoxy) is 1. The minimum atomic E-state index is -0.784. The summed E-state index contributed by atoms with van der Waals surface area (Å²) in [5.41, 5.74) is 3.28. The first-order valence-corrected chi connectivity index (χ1v) is 8.23. The monoisotopic (exact) mass is 354 g/mol. The van der Waals surface area contributed by atoms with Crippen LogP contribution >= 0.6 is 0 Å². The summed E-state index contributed by atoms with van der Waals surface area (Å²) in [5.74, 6) is -1.80. The standard InChI is InChI=1S/C20H22N2O4/c1-12(2)16-7-5-6-13(3)17(16)22-19(24)18(23)21-15-10-8-14(9-11-15)20(25)26-4/h5-12H,1-4H3,(H,21,23)(H,22,24). The van der Waals surface area contributed by atoms with Gasteiger partial charge in [0.25, 0.3) is 0 Å². The Morgan fingerprint density at radius 3 is 2.12 bits per heavy atom. The van der Waals surface area contributed by atoms with Crippen molar-refractivity contribution in [3.05, 3.63) is 59.2 Å². The number of carbonyl (C=O) groups excluding carboxylic acids is 3. The second-order valence-corrected chi connectivity index (χ2v) is 6.17. The van der Waals surface area contributed by atoms with E-state index in [-0.39, 0.29) is 5.92 Å². The maximum absolute atomic E-state index is 12.3. The van der Waals surface area contributed by atoms with E-state index in [9.17, 15) is 14.4 Å². The molecular weight excluding hydrogens is 332 g/mol. The van der Waals surface area contributed by atoms with E-state index >= 15 is 0 Å². The van der Waals surface area contributed by atoms with Crippen LogP contribution in [0.4, 0.5) is 11.4 Å². The van der Waals surface area contributed by atoms with E-state index < -0.39 is 17.8 Å². The summed E-state index contributed by atoms with van der Waals surface area (Å²) in [6.45, 7) is 5.92. The number of para-hydroxylation sites is 1. The molecule has 0 saturated heterocycles. The zero-order valence-electron chi connectivity index (χ0n) is 15.3. The van der Waals surface area contributed by atoms with Crippen LogP contribution in [0, 0.1) is 6.92 Å². The molecule has 136 valence electrons. The summed E-state index contributed by atoms with van der Waals surface area (Å²) in [4.78, 5) is 35.8. The van der Waals surface area contributed by atoms with Crippen molar-refractivity contribution < 1.29 is 19.1 Å². The van der Waals surface area contributed by atoms with Gasteiger partial charge in [-0.15, -0.1) is 0 Å². The number of anilines is 2. The molecule has 2 rings (SSSR count). The van der Waals surface area contributed by atoms with Crippen molar-refractivity contribution in [3.8, 4) is 0 Å². The SMILES string of the molecule is COC(=O)c1ccc(NC(=O)C(=O)Nc2c(C)cccc2C(C)C)cc1. The number of nitrogens with one attached hydrogen (secondary N) is 2. The maximum Gasteiger partial charge on any atom is 0.337 e. The molecule has 0 radical (unpaired) electrons. The molecule has 0 fully saturated rings. The van der Waals surface area contributed by atoms with Crippen LogP contribution in [0.2, 0.25) is 0 Å². The highest BCUT2D eigenvalue weighted by atomic mass is 16.5. The lowest BCUT2D eigenvalue weighted by atomic mass is 9.98. The Morgan fingerprint density at radius 2 is 1.54 bits per heavy atom. The Hall–Kier alpha value is -3.15. The third-order valence-corrected chi connectivity index (χ3v) is 3.94. The summed E-state index contributed by atoms with van der Waals surface area (Å²) >= 11 is 0. The molecule has 6 heteroatoms. The highest BCUT2D eigenvalue weighted by molar-refractivity contribution is 6.43. The van der Waals surface area contributed by atoms with Crippen LogP contribution in [0.25, 0.3) is 0 Å². The van der Waals surface area contributed by atoms with E-state index in [4.69, 9.17) is 0 Å². The fourth-order valence-corrected chi connectivity index (χ4v) is 2.51. The summed E-state index contributed by atoms with van der Waals surface area (Å²) in [5, 5.41) is 5.20. The number of rotatable bonds is 4. The van der Waals surface area contributed by atoms with Gasteiger partial charge in [-0.25, -0.2) is 4.79 Å². The molecule has 0 aliphatic rings. The summed E-state index contributed by atoms with van der Waals surface area (Å²) in [7, 11) is 1.29. The number of methoxy groups -OCH3 is 1. The molecule has 0 saturated carbocycles. The largest absolute Gasteiger partial charge is 0.465 e. The number of aryl methyl sites for hydroxylation is 1. The number of hydrogen-bond acceptors (Lipinski definition) is 4. The fraction of sp³-hybridized carbons (Fsp3) is 0.250. The lowest BCUT2D eigenvalue weighted by Gasteiger charge is -2.16. The van der Waals surface area contributed by atoms with E-state index in [1.54, 1.807) is 0 Å². The number of amides is 2. The van der Waals surface area contributed by atoms with Gasteiger partial charge in [-0.3, -0.25) is 9.59 Å². The van der Waals surface area contributed by atoms with Gasteiger partial charge in [0.1, 0.15) is 0 Å². The minimum Gasteiger partial charge on any atom is -0.465 e. The zero-order valence-corrected chi connectivity index (χ0v) is 15.3. The van der Waals surface area contributed by atoms with Crippen molar-refractivity contribution in [2.24, 2.45) is 0 Å². The zero-order chi connectivity index (χ0) is 19.3. The van der Waals surface area contributed by atoms with E-state index in [2.05, 4.69) is 15.4 Å². The number of esters is 1. The maximum atomic E-state index is 12.3. The molecule has 0 aliphatic heterocycles. The van der Waals surface area contributed by atoms with E-state index in [1.807, 2.05) is 39.0 Å². The van der Waals surface area contributed by atoms with Crippen molar-refractivity contribution in [2.75, 3.05) is 17.7 Å². The van der Waals surface area contributed by atoms with Crippen molar-refractivity contribution in [1.29, 1.82) is 0 Å². The van der Waals surface area contributed by atoms with E-state index in [0.717, 1.165) is 11.1 Å². The average molecular weight is 354 g/mol. The topological polar surface area (TPSA) is 84.5 Å². The number of benzene rings is 2. The highest BCUT2D eigenvalue weighted by Gasteiger charge is 2.18. The van der Waals surface area contributed by atoms with Crippen LogP contribution in [0.3, 0.4) is 0 Å². The molecule has 0 bridgehead atoms. The van der Waals surface area contributed by atoms with Crippen LogP contribution < -0.4 is 10.6 Å². The van der Waals surface area contributed by atoms with Crippen molar-refractivity contribution in [3.63, 3.8) is 0 Å². The normalized spacial score (nSPS) is 10.3. The van der Waals surface area contributed by atoms with Gasteiger partial charge in [0.2, 0.25) is 0 Å². The third-order valence-electron chi connectivity index (χ3n) is 3.94. The van der Waals surface area contributed by atoms with Gasteiger partial charge in [0.05, 0.1) is 12.7 Å². The highest BCUT2D eigenvalue weighted by Crippen LogP contribution is 2.27. The Labute approximate surface area is 152 Å². The molecule has 0 heterocycles. The van der Waals surface area contributed by atoms with Gasteiger partial charge < -0.3 is 15.4 Å². The van der Waals surface area contributed by atoms with Crippen LogP contribution in [0.1, 0.15) is 41.3 Å². The number of carbonyl (C=O) groups is 3. The third kappa shape index (κ3) is 4.47. The van der Waals surface area contributed by atoms with Gasteiger partial charge >= 0.3 is 17.8 Å². The van der Waals surface area contributed by atoms with Crippen molar-refractivity contribution in [1.82, 2.24) is 0 Å². The Balaban J connectivity index is 2.09. The molecule has 2 N–H and O–H groups in total. The van der Waals surface area contributed by atoms with Crippen molar-refractivity contribution in [2.45, 2.75) is 26.7 Å². The predicted octanol–water partition coefficient (Wildman–Crippen LogP) is 3.48. The van der Waals surface area contributed by atoms with Gasteiger partial charge in [-0.2, -0.15) is 0 Å². The lowest BCUT2D eigenvalue weighted by Crippen LogP contribution is -2.29. The second kappa shape index (κ2) is 8.29. The minimum absolute atomic E-state index is 0.208. The second-order valence-electron chi connectivity index (χ2n) is 6.17. The van der Waals surface area contributed by atoms with Gasteiger partial charge in [0, 0.05) is 11.4 Å². The van der Waals surface area contributed by atoms with Gasteiger partial charge in [-0.1, -0.05) is 32.0 Å². The summed E-state index contributed by atoms with van der Waals surface area (Å²) < 4.78 is 4.61. The van der Waals surface area contributed by atoms with Crippen LogP contribution in [-0.2, 0) is 14.3 Å². The molecule has 2 aromatic carbocycles. The van der Waals surface area contributed by atoms with Crippen LogP contribution in [0.5, 0.6) is 0 Å². The molecule has 0 atom stereocenters. The molecule has 2 amide bonds. The predicted molar refractivity (Wildman–Crippen MR) is 100 cm³/mol. The first kappa shape index (κ1) is 19.2. The van der Waals surface area contributed by atoms with Gasteiger partial charge in [0.15, 0.2) is 0 Å². The Bertz CT molecular complexity index is 826. The molecule has 0 aromatic heterocycles. The van der Waals surface area contributed by atoms with E-state index in [0.29, 0.717) is 16.9 Å². The molecule has 6 nitrogen and oxygen atoms in total. The first-order valence-electron chi connectivity index (χ1n) is 8.23. The Morgan fingerprint density at radius 1 is 0.923 bits per heavy atom. The van der Waals surface area contributed by atoms with Gasteiger partial charge in [-0.05, 0) is 48.2 Å². The first-order chi connectivity index (χ1) is 12.3. The molecule has 26 heavy (non-hydrogen) atoms. The number of hydrogen-bond donors (Lipinski definition) is 2. The molecule has 0 aliphatic carbocycles. The van der Waals surface area contributed by atoms with Crippen LogP contribution in [-0.4, -0.2) is 24.9 Å². The summed E-state index contributed by atoms with van der Waals surface area (Å²) in [6.07, 6.45) is 0. The quantitative estimate of drug-likeness (QED) is 0.650. The molecular formula is C20H22N2O4. The average Bonchev–Trinajstić information content (AvgIpc) is 2.62. The lowest BCUT2D eigenvalue weighted by molar-refractivity contribution is -0.133. The molecule has 0 spiro atoms. The van der Waals surface area contributed by atoms with Crippen LogP contribution in [0.15, 0.2) is 42.5 Å². The fourth-order valence-electron chi connectivity index (χ4n) is 2.51. The smallest absolute Gasteiger partial charge is 0.337 e. The van der Waals surface area contributed by atoms with Crippen molar-refractivity contribution >= 4 is 29.2 Å².